The van der Waals surface area contributed by atoms with Crippen LogP contribution in [0.1, 0.15) is 22.8 Å². The lowest BCUT2D eigenvalue weighted by molar-refractivity contribution is -0.127. The van der Waals surface area contributed by atoms with E-state index < -0.39 is 18.0 Å². The molecule has 0 aliphatic carbocycles. The molecule has 0 radical (unpaired) electrons. The third-order valence-electron chi connectivity index (χ3n) is 4.59. The summed E-state index contributed by atoms with van der Waals surface area (Å²) in [5.41, 5.74) is 3.44. The number of hydrogen-bond acceptors (Lipinski definition) is 7. The van der Waals surface area contributed by atoms with Crippen LogP contribution in [0.25, 0.3) is 0 Å². The predicted octanol–water partition coefficient (Wildman–Crippen LogP) is 4.49. The lowest BCUT2D eigenvalue weighted by atomic mass is 10.2. The summed E-state index contributed by atoms with van der Waals surface area (Å²) in [6.45, 7) is 1.61. The van der Waals surface area contributed by atoms with Crippen LogP contribution in [0.4, 0.5) is 0 Å². The Bertz CT molecular complexity index is 1160. The molecule has 3 rings (SSSR count). The summed E-state index contributed by atoms with van der Waals surface area (Å²) in [4.78, 5) is 24.6. The van der Waals surface area contributed by atoms with Gasteiger partial charge in [0.05, 0.1) is 26.0 Å². The second-order valence-corrected chi connectivity index (χ2v) is 7.41. The molecule has 34 heavy (non-hydrogen) atoms. The van der Waals surface area contributed by atoms with Crippen LogP contribution in [0.3, 0.4) is 0 Å². The van der Waals surface area contributed by atoms with Crippen LogP contribution in [0, 0.1) is 0 Å². The van der Waals surface area contributed by atoms with E-state index in [0.29, 0.717) is 39.1 Å². The van der Waals surface area contributed by atoms with Crippen molar-refractivity contribution in [3.05, 3.63) is 82.9 Å². The monoisotopic (exact) mass is 482 g/mol. The molecule has 0 aromatic heterocycles. The number of halogens is 1. The summed E-state index contributed by atoms with van der Waals surface area (Å²) in [5.74, 6) is 0.871. The van der Waals surface area contributed by atoms with E-state index >= 15 is 0 Å². The highest BCUT2D eigenvalue weighted by atomic mass is 35.5. The first-order valence-electron chi connectivity index (χ1n) is 10.2. The SMILES string of the molecule is COc1ccc(C(=O)Oc2ccc(/C=N\NC(=O)[C@H](C)Oc3ccc(Cl)cc3)cc2)cc1OC. The molecule has 9 heteroatoms. The Morgan fingerprint density at radius 2 is 1.56 bits per heavy atom. The normalized spacial score (nSPS) is 11.5. The van der Waals surface area contributed by atoms with Gasteiger partial charge in [-0.25, -0.2) is 10.2 Å². The fourth-order valence-corrected chi connectivity index (χ4v) is 2.91. The van der Waals surface area contributed by atoms with Gasteiger partial charge in [-0.05, 0) is 79.2 Å². The van der Waals surface area contributed by atoms with Gasteiger partial charge in [-0.2, -0.15) is 5.10 Å². The first-order valence-corrected chi connectivity index (χ1v) is 10.6. The number of rotatable bonds is 9. The minimum atomic E-state index is -0.753. The van der Waals surface area contributed by atoms with Crippen LogP contribution in [0.2, 0.25) is 5.02 Å². The molecule has 8 nitrogen and oxygen atoms in total. The summed E-state index contributed by atoms with van der Waals surface area (Å²) in [5, 5.41) is 4.51. The maximum absolute atomic E-state index is 12.4. The fourth-order valence-electron chi connectivity index (χ4n) is 2.78. The van der Waals surface area contributed by atoms with Gasteiger partial charge in [0, 0.05) is 5.02 Å². The van der Waals surface area contributed by atoms with Gasteiger partial charge in [0.2, 0.25) is 0 Å². The fraction of sp³-hybridized carbons (Fsp3) is 0.160. The molecule has 0 unspecified atom stereocenters. The van der Waals surface area contributed by atoms with Gasteiger partial charge in [0.1, 0.15) is 11.5 Å². The van der Waals surface area contributed by atoms with Gasteiger partial charge in [-0.1, -0.05) is 11.6 Å². The highest BCUT2D eigenvalue weighted by Gasteiger charge is 2.14. The van der Waals surface area contributed by atoms with Crippen molar-refractivity contribution in [3.8, 4) is 23.0 Å². The molecule has 1 atom stereocenters. The second-order valence-electron chi connectivity index (χ2n) is 6.98. The molecule has 176 valence electrons. The number of ether oxygens (including phenoxy) is 4. The molecule has 0 bridgehead atoms. The average Bonchev–Trinajstić information content (AvgIpc) is 2.85. The molecular formula is C25H23ClN2O6. The standard InChI is InChI=1S/C25H23ClN2O6/c1-16(33-20-11-7-19(26)8-12-20)24(29)28-27-15-17-4-9-21(10-5-17)34-25(30)18-6-13-22(31-2)23(14-18)32-3/h4-16H,1-3H3,(H,28,29)/b27-15-/t16-/m0/s1. The molecule has 3 aromatic rings. The van der Waals surface area contributed by atoms with Crippen molar-refractivity contribution in [2.24, 2.45) is 5.10 Å². The largest absolute Gasteiger partial charge is 0.493 e. The van der Waals surface area contributed by atoms with Crippen LogP contribution in [-0.2, 0) is 4.79 Å². The van der Waals surface area contributed by atoms with E-state index in [1.807, 2.05) is 0 Å². The van der Waals surface area contributed by atoms with Crippen LogP contribution in [0.5, 0.6) is 23.0 Å². The zero-order valence-electron chi connectivity index (χ0n) is 18.8. The van der Waals surface area contributed by atoms with Crippen molar-refractivity contribution >= 4 is 29.7 Å². The molecule has 1 N–H and O–H groups in total. The van der Waals surface area contributed by atoms with Gasteiger partial charge in [0.15, 0.2) is 17.6 Å². The molecule has 0 saturated heterocycles. The third-order valence-corrected chi connectivity index (χ3v) is 4.85. The van der Waals surface area contributed by atoms with Crippen molar-refractivity contribution in [1.82, 2.24) is 5.43 Å². The van der Waals surface area contributed by atoms with Crippen molar-refractivity contribution in [3.63, 3.8) is 0 Å². The minimum absolute atomic E-state index is 0.320. The Balaban J connectivity index is 1.52. The Hall–Kier alpha value is -4.04. The van der Waals surface area contributed by atoms with Gasteiger partial charge in [-0.15, -0.1) is 0 Å². The first-order chi connectivity index (χ1) is 16.4. The molecular weight excluding hydrogens is 460 g/mol. The molecule has 0 fully saturated rings. The summed E-state index contributed by atoms with van der Waals surface area (Å²) in [6.07, 6.45) is 0.712. The Morgan fingerprint density at radius 3 is 2.21 bits per heavy atom. The number of benzene rings is 3. The summed E-state index contributed by atoms with van der Waals surface area (Å²) in [6, 6.07) is 18.1. The van der Waals surface area contributed by atoms with Crippen LogP contribution in [0.15, 0.2) is 71.8 Å². The highest BCUT2D eigenvalue weighted by Crippen LogP contribution is 2.28. The zero-order valence-corrected chi connectivity index (χ0v) is 19.5. The smallest absolute Gasteiger partial charge is 0.343 e. The van der Waals surface area contributed by atoms with E-state index in [2.05, 4.69) is 10.5 Å². The second kappa shape index (κ2) is 11.7. The number of hydrazone groups is 1. The number of carbonyl (C=O) groups is 2. The van der Waals surface area contributed by atoms with E-state index in [0.717, 1.165) is 0 Å². The van der Waals surface area contributed by atoms with E-state index in [1.54, 1.807) is 73.7 Å². The van der Waals surface area contributed by atoms with Crippen molar-refractivity contribution < 1.29 is 28.5 Å². The average molecular weight is 483 g/mol. The Kier molecular flexibility index (Phi) is 8.48. The molecule has 3 aromatic carbocycles. The quantitative estimate of drug-likeness (QED) is 0.209. The number of amides is 1. The molecule has 0 heterocycles. The van der Waals surface area contributed by atoms with Gasteiger partial charge in [0.25, 0.3) is 5.91 Å². The van der Waals surface area contributed by atoms with Crippen LogP contribution < -0.4 is 24.4 Å². The van der Waals surface area contributed by atoms with E-state index in [1.165, 1.54) is 20.4 Å². The summed E-state index contributed by atoms with van der Waals surface area (Å²) >= 11 is 5.83. The number of carbonyl (C=O) groups excluding carboxylic acids is 2. The lowest BCUT2D eigenvalue weighted by Gasteiger charge is -2.12. The van der Waals surface area contributed by atoms with Crippen molar-refractivity contribution in [2.75, 3.05) is 14.2 Å². The zero-order chi connectivity index (χ0) is 24.5. The van der Waals surface area contributed by atoms with E-state index in [4.69, 9.17) is 30.5 Å². The third kappa shape index (κ3) is 6.73. The van der Waals surface area contributed by atoms with E-state index in [-0.39, 0.29) is 0 Å². The minimum Gasteiger partial charge on any atom is -0.493 e. The first kappa shape index (κ1) is 24.6. The molecule has 1 amide bonds. The van der Waals surface area contributed by atoms with Crippen molar-refractivity contribution in [2.45, 2.75) is 13.0 Å². The molecule has 0 aliphatic rings. The molecule has 0 spiro atoms. The highest BCUT2D eigenvalue weighted by molar-refractivity contribution is 6.30. The topological polar surface area (TPSA) is 95.5 Å². The van der Waals surface area contributed by atoms with Crippen molar-refractivity contribution in [1.29, 1.82) is 0 Å². The molecule has 0 aliphatic heterocycles. The van der Waals surface area contributed by atoms with E-state index in [9.17, 15) is 9.59 Å². The number of nitrogens with zero attached hydrogens (tertiary/aromatic N) is 1. The maximum Gasteiger partial charge on any atom is 0.343 e. The lowest BCUT2D eigenvalue weighted by Crippen LogP contribution is -2.33. The van der Waals surface area contributed by atoms with Crippen LogP contribution >= 0.6 is 11.6 Å². The maximum atomic E-state index is 12.4. The van der Waals surface area contributed by atoms with Gasteiger partial charge < -0.3 is 18.9 Å². The van der Waals surface area contributed by atoms with Gasteiger partial charge >= 0.3 is 5.97 Å². The number of hydrogen-bond donors (Lipinski definition) is 1. The number of nitrogens with one attached hydrogen (secondary N) is 1. The number of methoxy groups -OCH3 is 2. The predicted molar refractivity (Wildman–Crippen MR) is 128 cm³/mol. The van der Waals surface area contributed by atoms with Crippen LogP contribution in [-0.4, -0.2) is 38.4 Å². The summed E-state index contributed by atoms with van der Waals surface area (Å²) in [7, 11) is 3.00. The van der Waals surface area contributed by atoms with Gasteiger partial charge in [-0.3, -0.25) is 4.79 Å². The Labute approximate surface area is 202 Å². The summed E-state index contributed by atoms with van der Waals surface area (Å²) < 4.78 is 21.3. The Morgan fingerprint density at radius 1 is 0.912 bits per heavy atom. The number of esters is 1. The molecule has 0 saturated carbocycles.